The molecule has 2 N–H and O–H groups in total. The fourth-order valence-electron chi connectivity index (χ4n) is 2.18. The lowest BCUT2D eigenvalue weighted by molar-refractivity contribution is 0.883. The van der Waals surface area contributed by atoms with Gasteiger partial charge in [-0.15, -0.1) is 0 Å². The number of halogens is 1. The fraction of sp³-hybridized carbons (Fsp3) is 0. The van der Waals surface area contributed by atoms with Crippen molar-refractivity contribution in [2.24, 2.45) is 0 Å². The number of rotatable bonds is 2. The Morgan fingerprint density at radius 3 is 2.33 bits per heavy atom. The summed E-state index contributed by atoms with van der Waals surface area (Å²) in [4.78, 5) is 0. The average Bonchev–Trinajstić information content (AvgIpc) is 2.86. The molecule has 3 aromatic rings. The maximum absolute atomic E-state index is 9.33. The average molecular weight is 339 g/mol. The monoisotopic (exact) mass is 338 g/mol. The number of hydrogen-bond donors (Lipinski definition) is 1. The van der Waals surface area contributed by atoms with Gasteiger partial charge in [0, 0.05) is 4.47 Å². The second-order valence-electron chi connectivity index (χ2n) is 4.47. The van der Waals surface area contributed by atoms with Crippen molar-refractivity contribution in [3.05, 3.63) is 64.8 Å². The minimum Gasteiger partial charge on any atom is -0.383 e. The van der Waals surface area contributed by atoms with Crippen LogP contribution >= 0.6 is 15.9 Å². The van der Waals surface area contributed by atoms with Crippen LogP contribution in [0.4, 0.5) is 5.82 Å². The second kappa shape index (κ2) is 5.43. The van der Waals surface area contributed by atoms with Gasteiger partial charge in [0.1, 0.15) is 11.9 Å². The molecule has 0 spiro atoms. The molecule has 102 valence electrons. The number of aromatic nitrogens is 2. The molecule has 0 amide bonds. The number of nitrogens with zero attached hydrogens (tertiary/aromatic N) is 3. The van der Waals surface area contributed by atoms with Gasteiger partial charge in [-0.1, -0.05) is 46.3 Å². The maximum Gasteiger partial charge on any atom is 0.172 e. The summed E-state index contributed by atoms with van der Waals surface area (Å²) in [5, 5.41) is 13.6. The van der Waals surface area contributed by atoms with Crippen molar-refractivity contribution in [2.45, 2.75) is 0 Å². The lowest BCUT2D eigenvalue weighted by atomic mass is 10.1. The Labute approximate surface area is 130 Å². The first-order valence-corrected chi connectivity index (χ1v) is 7.10. The molecule has 0 saturated heterocycles. The van der Waals surface area contributed by atoms with Gasteiger partial charge in [0.05, 0.1) is 11.3 Å². The Balaban J connectivity index is 2.20. The molecule has 1 aromatic heterocycles. The van der Waals surface area contributed by atoms with E-state index < -0.39 is 0 Å². The zero-order valence-corrected chi connectivity index (χ0v) is 12.6. The maximum atomic E-state index is 9.33. The highest BCUT2D eigenvalue weighted by Gasteiger charge is 2.17. The lowest BCUT2D eigenvalue weighted by Crippen LogP contribution is -2.01. The zero-order chi connectivity index (χ0) is 14.8. The largest absolute Gasteiger partial charge is 0.383 e. The van der Waals surface area contributed by atoms with E-state index in [-0.39, 0.29) is 0 Å². The van der Waals surface area contributed by atoms with Gasteiger partial charge in [0.2, 0.25) is 0 Å². The molecule has 2 aromatic carbocycles. The number of nitrogen functional groups attached to an aromatic ring is 1. The standard InChI is InChI=1S/C16H11BrN4/c17-12-8-6-11(7-9-12)15-14(10-18)20-21(16(15)19)13-4-2-1-3-5-13/h1-9H,19H2. The number of nitrogens with two attached hydrogens (primary N) is 1. The van der Waals surface area contributed by atoms with Gasteiger partial charge in [0.25, 0.3) is 0 Å². The topological polar surface area (TPSA) is 67.6 Å². The van der Waals surface area contributed by atoms with Crippen molar-refractivity contribution in [3.8, 4) is 22.9 Å². The summed E-state index contributed by atoms with van der Waals surface area (Å²) in [6.45, 7) is 0. The third-order valence-corrected chi connectivity index (χ3v) is 3.69. The van der Waals surface area contributed by atoms with Gasteiger partial charge in [-0.25, -0.2) is 4.68 Å². The van der Waals surface area contributed by atoms with Crippen molar-refractivity contribution in [1.29, 1.82) is 5.26 Å². The molecule has 0 atom stereocenters. The highest BCUT2D eigenvalue weighted by Crippen LogP contribution is 2.31. The van der Waals surface area contributed by atoms with Crippen LogP contribution < -0.4 is 5.73 Å². The molecule has 0 radical (unpaired) electrons. The Bertz CT molecular complexity index is 814. The van der Waals surface area contributed by atoms with Crippen molar-refractivity contribution < 1.29 is 0 Å². The molecule has 0 unspecified atom stereocenters. The van der Waals surface area contributed by atoms with Crippen LogP contribution in [-0.2, 0) is 0 Å². The number of benzene rings is 2. The van der Waals surface area contributed by atoms with E-state index in [2.05, 4.69) is 27.1 Å². The van der Waals surface area contributed by atoms with Crippen LogP contribution in [0.15, 0.2) is 59.1 Å². The van der Waals surface area contributed by atoms with Crippen LogP contribution in [0.25, 0.3) is 16.8 Å². The molecule has 0 aliphatic heterocycles. The van der Waals surface area contributed by atoms with Crippen LogP contribution in [0.3, 0.4) is 0 Å². The number of para-hydroxylation sites is 1. The van der Waals surface area contributed by atoms with E-state index in [9.17, 15) is 5.26 Å². The minimum absolute atomic E-state index is 0.318. The quantitative estimate of drug-likeness (QED) is 0.773. The second-order valence-corrected chi connectivity index (χ2v) is 5.39. The van der Waals surface area contributed by atoms with Gasteiger partial charge in [0.15, 0.2) is 5.69 Å². The smallest absolute Gasteiger partial charge is 0.172 e. The normalized spacial score (nSPS) is 10.3. The Kier molecular flexibility index (Phi) is 3.46. The summed E-state index contributed by atoms with van der Waals surface area (Å²) in [6.07, 6.45) is 0. The van der Waals surface area contributed by atoms with Gasteiger partial charge in [-0.05, 0) is 29.8 Å². The molecular weight excluding hydrogens is 328 g/mol. The van der Waals surface area contributed by atoms with Crippen LogP contribution in [0.1, 0.15) is 5.69 Å². The van der Waals surface area contributed by atoms with Crippen molar-refractivity contribution >= 4 is 21.7 Å². The molecule has 0 aliphatic carbocycles. The molecule has 0 bridgehead atoms. The van der Waals surface area contributed by atoms with Crippen LogP contribution in [0.2, 0.25) is 0 Å². The van der Waals surface area contributed by atoms with E-state index in [0.29, 0.717) is 17.1 Å². The van der Waals surface area contributed by atoms with E-state index in [1.54, 1.807) is 4.68 Å². The highest BCUT2D eigenvalue weighted by atomic mass is 79.9. The Hall–Kier alpha value is -2.58. The molecule has 0 fully saturated rings. The lowest BCUT2D eigenvalue weighted by Gasteiger charge is -2.05. The predicted molar refractivity (Wildman–Crippen MR) is 85.8 cm³/mol. The van der Waals surface area contributed by atoms with Crippen molar-refractivity contribution in [1.82, 2.24) is 9.78 Å². The first-order valence-electron chi connectivity index (χ1n) is 6.30. The van der Waals surface area contributed by atoms with E-state index in [0.717, 1.165) is 15.7 Å². The third-order valence-electron chi connectivity index (χ3n) is 3.16. The van der Waals surface area contributed by atoms with E-state index in [1.807, 2.05) is 54.6 Å². The van der Waals surface area contributed by atoms with E-state index in [4.69, 9.17) is 5.73 Å². The van der Waals surface area contributed by atoms with Crippen molar-refractivity contribution in [2.75, 3.05) is 5.73 Å². The van der Waals surface area contributed by atoms with Crippen LogP contribution in [0, 0.1) is 11.3 Å². The van der Waals surface area contributed by atoms with Crippen molar-refractivity contribution in [3.63, 3.8) is 0 Å². The summed E-state index contributed by atoms with van der Waals surface area (Å²) in [7, 11) is 0. The molecule has 0 saturated carbocycles. The predicted octanol–water partition coefficient (Wildman–Crippen LogP) is 3.76. The number of anilines is 1. The fourth-order valence-corrected chi connectivity index (χ4v) is 2.44. The molecule has 0 aliphatic rings. The molecule has 4 nitrogen and oxygen atoms in total. The Morgan fingerprint density at radius 2 is 1.71 bits per heavy atom. The zero-order valence-electron chi connectivity index (χ0n) is 11.0. The first kappa shape index (κ1) is 13.4. The van der Waals surface area contributed by atoms with Crippen LogP contribution in [-0.4, -0.2) is 9.78 Å². The van der Waals surface area contributed by atoms with Gasteiger partial charge in [-0.3, -0.25) is 0 Å². The molecule has 5 heteroatoms. The van der Waals surface area contributed by atoms with Gasteiger partial charge >= 0.3 is 0 Å². The molecule has 21 heavy (non-hydrogen) atoms. The molecule has 3 rings (SSSR count). The molecular formula is C16H11BrN4. The SMILES string of the molecule is N#Cc1nn(-c2ccccc2)c(N)c1-c1ccc(Br)cc1. The summed E-state index contributed by atoms with van der Waals surface area (Å²) >= 11 is 3.40. The minimum atomic E-state index is 0.318. The summed E-state index contributed by atoms with van der Waals surface area (Å²) < 4.78 is 2.56. The van der Waals surface area contributed by atoms with E-state index in [1.165, 1.54) is 0 Å². The third kappa shape index (κ3) is 2.41. The Morgan fingerprint density at radius 1 is 1.05 bits per heavy atom. The number of nitriles is 1. The number of hydrogen-bond acceptors (Lipinski definition) is 3. The van der Waals surface area contributed by atoms with E-state index >= 15 is 0 Å². The summed E-state index contributed by atoms with van der Waals surface area (Å²) in [5.41, 5.74) is 8.90. The molecule has 1 heterocycles. The van der Waals surface area contributed by atoms with Gasteiger partial charge < -0.3 is 5.73 Å². The first-order chi connectivity index (χ1) is 10.2. The summed E-state index contributed by atoms with van der Waals surface area (Å²) in [6, 6.07) is 19.3. The van der Waals surface area contributed by atoms with Gasteiger partial charge in [-0.2, -0.15) is 10.4 Å². The van der Waals surface area contributed by atoms with Crippen LogP contribution in [0.5, 0.6) is 0 Å². The highest BCUT2D eigenvalue weighted by molar-refractivity contribution is 9.10. The summed E-state index contributed by atoms with van der Waals surface area (Å²) in [5.74, 6) is 0.458.